The third-order valence-electron chi connectivity index (χ3n) is 6.68. The first-order valence-corrected chi connectivity index (χ1v) is 11.5. The van der Waals surface area contributed by atoms with Crippen molar-refractivity contribution < 1.29 is 4.79 Å². The molecule has 158 valence electrons. The van der Waals surface area contributed by atoms with Crippen molar-refractivity contribution in [2.24, 2.45) is 0 Å². The lowest BCUT2D eigenvalue weighted by Crippen LogP contribution is -2.54. The lowest BCUT2D eigenvalue weighted by molar-refractivity contribution is 0.103. The minimum atomic E-state index is -0.370. The van der Waals surface area contributed by atoms with E-state index in [-0.39, 0.29) is 11.2 Å². The highest BCUT2D eigenvalue weighted by atomic mass is 79.9. The van der Waals surface area contributed by atoms with Crippen molar-refractivity contribution in [2.75, 3.05) is 18.0 Å². The van der Waals surface area contributed by atoms with Gasteiger partial charge in [-0.25, -0.2) is 0 Å². The van der Waals surface area contributed by atoms with Crippen LogP contribution in [0.15, 0.2) is 34.8 Å². The number of carbonyl (C=O) groups is 1. The molecule has 2 aliphatic rings. The van der Waals surface area contributed by atoms with Crippen LogP contribution >= 0.6 is 15.9 Å². The first-order valence-electron chi connectivity index (χ1n) is 10.7. The van der Waals surface area contributed by atoms with Gasteiger partial charge in [0.2, 0.25) is 0 Å². The molecule has 2 heterocycles. The molecule has 1 aromatic heterocycles. The number of aromatic nitrogens is 1. The smallest absolute Gasteiger partial charge is 0.195 e. The summed E-state index contributed by atoms with van der Waals surface area (Å²) in [5.41, 5.74) is 5.61. The molecule has 0 saturated carbocycles. The summed E-state index contributed by atoms with van der Waals surface area (Å²) in [5.74, 6) is 0.0366. The molecular formula is C25H25BrN4O. The SMILES string of the molecule is CC1CN(c2cc3c(cc2Br)C(=O)c2c([nH]c4cc(C#N)ccc24)C3(C)C)CC(C)N1. The maximum atomic E-state index is 13.6. The molecule has 5 rings (SSSR count). The second-order valence-electron chi connectivity index (χ2n) is 9.42. The van der Waals surface area contributed by atoms with E-state index >= 15 is 0 Å². The van der Waals surface area contributed by atoms with Crippen LogP contribution in [0, 0.1) is 11.3 Å². The Bertz CT molecular complexity index is 1270. The summed E-state index contributed by atoms with van der Waals surface area (Å²) in [4.78, 5) is 19.5. The van der Waals surface area contributed by atoms with Gasteiger partial charge in [-0.2, -0.15) is 5.26 Å². The predicted molar refractivity (Wildman–Crippen MR) is 127 cm³/mol. The van der Waals surface area contributed by atoms with Crippen molar-refractivity contribution in [3.63, 3.8) is 0 Å². The van der Waals surface area contributed by atoms with Crippen LogP contribution in [0.4, 0.5) is 5.69 Å². The second kappa shape index (κ2) is 6.94. The van der Waals surface area contributed by atoms with Crippen LogP contribution in [0.1, 0.15) is 60.4 Å². The summed E-state index contributed by atoms with van der Waals surface area (Å²) in [7, 11) is 0. The standard InChI is InChI=1S/C25H25BrN4O/c1-13-11-30(12-14(2)28-13)21-9-18-17(8-19(21)26)23(31)22-16-6-5-15(10-27)7-20(16)29-24(22)25(18,3)4/h5-9,13-14,28-29H,11-12H2,1-4H3. The van der Waals surface area contributed by atoms with E-state index in [4.69, 9.17) is 0 Å². The van der Waals surface area contributed by atoms with E-state index in [1.807, 2.05) is 18.2 Å². The van der Waals surface area contributed by atoms with Crippen LogP contribution in [0.5, 0.6) is 0 Å². The minimum absolute atomic E-state index is 0.0366. The van der Waals surface area contributed by atoms with Crippen molar-refractivity contribution in [3.05, 3.63) is 62.8 Å². The molecule has 3 aromatic rings. The van der Waals surface area contributed by atoms with Crippen LogP contribution in [0.25, 0.3) is 10.9 Å². The number of ketones is 1. The van der Waals surface area contributed by atoms with Crippen molar-refractivity contribution >= 4 is 38.3 Å². The molecule has 1 aliphatic heterocycles. The molecule has 0 spiro atoms. The number of H-pyrrole nitrogens is 1. The Morgan fingerprint density at radius 1 is 1.16 bits per heavy atom. The average molecular weight is 477 g/mol. The number of nitrogens with zero attached hydrogens (tertiary/aromatic N) is 2. The molecule has 0 amide bonds. The van der Waals surface area contributed by atoms with Crippen LogP contribution in [-0.2, 0) is 5.41 Å². The van der Waals surface area contributed by atoms with Gasteiger partial charge >= 0.3 is 0 Å². The third-order valence-corrected chi connectivity index (χ3v) is 7.32. The topological polar surface area (TPSA) is 71.9 Å². The molecule has 0 bridgehead atoms. The Kier molecular flexibility index (Phi) is 4.55. The number of hydrogen-bond acceptors (Lipinski definition) is 4. The number of halogens is 1. The number of rotatable bonds is 1. The van der Waals surface area contributed by atoms with Crippen molar-refractivity contribution in [3.8, 4) is 6.07 Å². The average Bonchev–Trinajstić information content (AvgIpc) is 3.11. The van der Waals surface area contributed by atoms with E-state index in [1.165, 1.54) is 0 Å². The Labute approximate surface area is 190 Å². The van der Waals surface area contributed by atoms with Crippen molar-refractivity contribution in [2.45, 2.75) is 45.2 Å². The monoisotopic (exact) mass is 476 g/mol. The van der Waals surface area contributed by atoms with Crippen molar-refractivity contribution in [1.29, 1.82) is 5.26 Å². The van der Waals surface area contributed by atoms with Gasteiger partial charge in [0.1, 0.15) is 0 Å². The van der Waals surface area contributed by atoms with Gasteiger partial charge in [0.15, 0.2) is 5.78 Å². The van der Waals surface area contributed by atoms with E-state index in [0.717, 1.165) is 56.5 Å². The molecule has 31 heavy (non-hydrogen) atoms. The Hall–Kier alpha value is -2.62. The number of benzene rings is 2. The zero-order valence-corrected chi connectivity index (χ0v) is 19.7. The number of carbonyl (C=O) groups excluding carboxylic acids is 1. The predicted octanol–water partition coefficient (Wildman–Crippen LogP) is 4.86. The highest BCUT2D eigenvalue weighted by Gasteiger charge is 2.40. The van der Waals surface area contributed by atoms with Gasteiger partial charge in [-0.15, -0.1) is 0 Å². The minimum Gasteiger partial charge on any atom is -0.368 e. The number of hydrogen-bond donors (Lipinski definition) is 2. The van der Waals surface area contributed by atoms with Gasteiger partial charge < -0.3 is 15.2 Å². The second-order valence-corrected chi connectivity index (χ2v) is 10.3. The van der Waals surface area contributed by atoms with Gasteiger partial charge in [0.05, 0.1) is 22.9 Å². The lowest BCUT2D eigenvalue weighted by Gasteiger charge is -2.40. The third kappa shape index (κ3) is 3.02. The van der Waals surface area contributed by atoms with E-state index in [2.05, 4.69) is 71.0 Å². The number of anilines is 1. The van der Waals surface area contributed by atoms with Gasteiger partial charge in [-0.05, 0) is 59.6 Å². The maximum absolute atomic E-state index is 13.6. The number of fused-ring (bicyclic) bond motifs is 4. The van der Waals surface area contributed by atoms with Crippen LogP contribution in [0.2, 0.25) is 0 Å². The van der Waals surface area contributed by atoms with E-state index in [1.54, 1.807) is 6.07 Å². The Balaban J connectivity index is 1.69. The zero-order chi connectivity index (χ0) is 22.1. The van der Waals surface area contributed by atoms with Crippen LogP contribution in [0.3, 0.4) is 0 Å². The molecule has 6 heteroatoms. The van der Waals surface area contributed by atoms with Gasteiger partial charge in [0, 0.05) is 57.2 Å². The molecule has 5 nitrogen and oxygen atoms in total. The van der Waals surface area contributed by atoms with Crippen molar-refractivity contribution in [1.82, 2.24) is 10.3 Å². The fourth-order valence-electron chi connectivity index (χ4n) is 5.27. The first-order chi connectivity index (χ1) is 14.7. The fourth-order valence-corrected chi connectivity index (χ4v) is 5.87. The number of nitrogens with one attached hydrogen (secondary N) is 2. The normalized spacial score (nSPS) is 22.2. The Morgan fingerprint density at radius 3 is 2.55 bits per heavy atom. The Morgan fingerprint density at radius 2 is 1.87 bits per heavy atom. The highest BCUT2D eigenvalue weighted by molar-refractivity contribution is 9.10. The van der Waals surface area contributed by atoms with Gasteiger partial charge in [0.25, 0.3) is 0 Å². The zero-order valence-electron chi connectivity index (χ0n) is 18.1. The van der Waals surface area contributed by atoms with Gasteiger partial charge in [-0.1, -0.05) is 19.9 Å². The highest BCUT2D eigenvalue weighted by Crippen LogP contribution is 2.46. The summed E-state index contributed by atoms with van der Waals surface area (Å²) in [5, 5.41) is 13.7. The fraction of sp³-hybridized carbons (Fsp3) is 0.360. The molecule has 1 saturated heterocycles. The largest absolute Gasteiger partial charge is 0.368 e. The summed E-state index contributed by atoms with van der Waals surface area (Å²) in [6.45, 7) is 10.6. The molecule has 2 unspecified atom stereocenters. The summed E-state index contributed by atoms with van der Waals surface area (Å²) < 4.78 is 0.951. The lowest BCUT2D eigenvalue weighted by atomic mass is 9.71. The summed E-state index contributed by atoms with van der Waals surface area (Å²) in [6.07, 6.45) is 0. The van der Waals surface area contributed by atoms with Crippen LogP contribution < -0.4 is 10.2 Å². The summed E-state index contributed by atoms with van der Waals surface area (Å²) in [6, 6.07) is 12.7. The number of piperazine rings is 1. The first kappa shape index (κ1) is 20.3. The molecule has 2 N–H and O–H groups in total. The van der Waals surface area contributed by atoms with E-state index < -0.39 is 0 Å². The maximum Gasteiger partial charge on any atom is 0.195 e. The molecular weight excluding hydrogens is 452 g/mol. The molecule has 2 atom stereocenters. The summed E-state index contributed by atoms with van der Waals surface area (Å²) >= 11 is 3.76. The quantitative estimate of drug-likeness (QED) is 0.525. The molecule has 1 aliphatic carbocycles. The molecule has 1 fully saturated rings. The molecule has 0 radical (unpaired) electrons. The number of nitriles is 1. The van der Waals surface area contributed by atoms with Gasteiger partial charge in [-0.3, -0.25) is 4.79 Å². The van der Waals surface area contributed by atoms with E-state index in [0.29, 0.717) is 17.6 Å². The number of aromatic amines is 1. The van der Waals surface area contributed by atoms with Crippen LogP contribution in [-0.4, -0.2) is 35.9 Å². The molecule has 2 aromatic carbocycles. The van der Waals surface area contributed by atoms with E-state index in [9.17, 15) is 10.1 Å².